The Morgan fingerprint density at radius 1 is 1.04 bits per heavy atom. The van der Waals surface area contributed by atoms with E-state index in [0.29, 0.717) is 5.56 Å². The van der Waals surface area contributed by atoms with E-state index in [0.717, 1.165) is 42.0 Å². The van der Waals surface area contributed by atoms with Crippen molar-refractivity contribution >= 4 is 33.2 Å². The molecule has 1 aliphatic rings. The van der Waals surface area contributed by atoms with Crippen LogP contribution in [-0.4, -0.2) is 44.0 Å². The number of amides is 1. The third-order valence-electron chi connectivity index (χ3n) is 4.08. The Hall–Kier alpha value is -1.85. The molecule has 0 unspecified atom stereocenters. The Labute approximate surface area is 145 Å². The summed E-state index contributed by atoms with van der Waals surface area (Å²) in [4.78, 5) is 17.1. The van der Waals surface area contributed by atoms with E-state index in [1.54, 1.807) is 0 Å². The number of nitrogens with one attached hydrogen (secondary N) is 1. The average Bonchev–Trinajstić information content (AvgIpc) is 2.56. The molecule has 0 aromatic heterocycles. The summed E-state index contributed by atoms with van der Waals surface area (Å²) in [6.07, 6.45) is 0. The van der Waals surface area contributed by atoms with Crippen molar-refractivity contribution in [2.45, 2.75) is 0 Å². The van der Waals surface area contributed by atoms with Gasteiger partial charge in [0.05, 0.1) is 11.4 Å². The molecule has 0 spiro atoms. The van der Waals surface area contributed by atoms with Crippen molar-refractivity contribution in [1.29, 1.82) is 0 Å². The molecule has 0 atom stereocenters. The molecule has 2 aromatic rings. The molecular formula is C18H20BrN3O. The zero-order valence-electron chi connectivity index (χ0n) is 13.1. The minimum absolute atomic E-state index is 0.0899. The predicted octanol–water partition coefficient (Wildman–Crippen LogP) is 3.45. The molecule has 0 bridgehead atoms. The van der Waals surface area contributed by atoms with E-state index in [4.69, 9.17) is 0 Å². The van der Waals surface area contributed by atoms with Gasteiger partial charge in [-0.25, -0.2) is 0 Å². The number of likely N-dealkylation sites (N-methyl/N-ethyl adjacent to an activating group) is 1. The zero-order valence-corrected chi connectivity index (χ0v) is 14.7. The van der Waals surface area contributed by atoms with Crippen molar-refractivity contribution in [3.8, 4) is 0 Å². The normalized spacial score (nSPS) is 15.5. The Balaban J connectivity index is 1.79. The fourth-order valence-corrected chi connectivity index (χ4v) is 3.13. The molecule has 0 radical (unpaired) electrons. The van der Waals surface area contributed by atoms with Crippen molar-refractivity contribution in [2.75, 3.05) is 43.4 Å². The van der Waals surface area contributed by atoms with E-state index in [1.807, 2.05) is 42.5 Å². The van der Waals surface area contributed by atoms with Gasteiger partial charge in [-0.15, -0.1) is 0 Å². The first-order chi connectivity index (χ1) is 11.1. The van der Waals surface area contributed by atoms with E-state index >= 15 is 0 Å². The van der Waals surface area contributed by atoms with Gasteiger partial charge in [0.1, 0.15) is 0 Å². The quantitative estimate of drug-likeness (QED) is 0.894. The lowest BCUT2D eigenvalue weighted by molar-refractivity contribution is 0.102. The first-order valence-electron chi connectivity index (χ1n) is 7.73. The Kier molecular flexibility index (Phi) is 4.98. The Morgan fingerprint density at radius 2 is 1.78 bits per heavy atom. The highest BCUT2D eigenvalue weighted by Crippen LogP contribution is 2.27. The van der Waals surface area contributed by atoms with E-state index in [9.17, 15) is 4.79 Å². The number of piperazine rings is 1. The number of nitrogens with zero attached hydrogens (tertiary/aromatic N) is 2. The molecule has 1 amide bonds. The minimum atomic E-state index is -0.0899. The van der Waals surface area contributed by atoms with Crippen LogP contribution in [0, 0.1) is 0 Å². The molecule has 2 aromatic carbocycles. The average molecular weight is 374 g/mol. The molecule has 4 nitrogen and oxygen atoms in total. The highest BCUT2D eigenvalue weighted by atomic mass is 79.9. The van der Waals surface area contributed by atoms with Crippen LogP contribution in [0.3, 0.4) is 0 Å². The summed E-state index contributed by atoms with van der Waals surface area (Å²) >= 11 is 3.41. The van der Waals surface area contributed by atoms with Crippen molar-refractivity contribution in [3.63, 3.8) is 0 Å². The molecule has 120 valence electrons. The molecule has 1 fully saturated rings. The summed E-state index contributed by atoms with van der Waals surface area (Å²) in [5.74, 6) is -0.0899. The number of halogens is 1. The molecule has 1 aliphatic heterocycles. The van der Waals surface area contributed by atoms with Gasteiger partial charge >= 0.3 is 0 Å². The summed E-state index contributed by atoms with van der Waals surface area (Å²) in [5.41, 5.74) is 2.60. The number of para-hydroxylation sites is 2. The van der Waals surface area contributed by atoms with Crippen LogP contribution in [0.5, 0.6) is 0 Å². The molecule has 1 N–H and O–H groups in total. The second-order valence-corrected chi connectivity index (χ2v) is 6.69. The lowest BCUT2D eigenvalue weighted by Gasteiger charge is -2.35. The van der Waals surface area contributed by atoms with E-state index < -0.39 is 0 Å². The number of rotatable bonds is 3. The maximum Gasteiger partial charge on any atom is 0.255 e. The van der Waals surface area contributed by atoms with Gasteiger partial charge in [-0.05, 0) is 37.4 Å². The van der Waals surface area contributed by atoms with Crippen LogP contribution in [0.15, 0.2) is 53.0 Å². The lowest BCUT2D eigenvalue weighted by atomic mass is 10.2. The third kappa shape index (κ3) is 3.92. The first-order valence-corrected chi connectivity index (χ1v) is 8.52. The third-order valence-corrected chi connectivity index (χ3v) is 4.58. The summed E-state index contributed by atoms with van der Waals surface area (Å²) in [6, 6.07) is 15.4. The SMILES string of the molecule is CN1CCN(c2ccccc2NC(=O)c2cccc(Br)c2)CC1. The van der Waals surface area contributed by atoms with Crippen LogP contribution in [0.1, 0.15) is 10.4 Å². The van der Waals surface area contributed by atoms with Gasteiger partial charge in [0.2, 0.25) is 0 Å². The molecule has 5 heteroatoms. The van der Waals surface area contributed by atoms with E-state index in [2.05, 4.69) is 44.2 Å². The summed E-state index contributed by atoms with van der Waals surface area (Å²) in [5, 5.41) is 3.05. The van der Waals surface area contributed by atoms with Crippen molar-refractivity contribution < 1.29 is 4.79 Å². The highest BCUT2D eigenvalue weighted by Gasteiger charge is 2.18. The molecule has 0 aliphatic carbocycles. The van der Waals surface area contributed by atoms with Gasteiger partial charge in [0, 0.05) is 36.2 Å². The lowest BCUT2D eigenvalue weighted by Crippen LogP contribution is -2.44. The number of carbonyl (C=O) groups excluding carboxylic acids is 1. The molecule has 0 saturated carbocycles. The van der Waals surface area contributed by atoms with Gasteiger partial charge < -0.3 is 15.1 Å². The van der Waals surface area contributed by atoms with Gasteiger partial charge in [-0.3, -0.25) is 4.79 Å². The van der Waals surface area contributed by atoms with Gasteiger partial charge in [0.25, 0.3) is 5.91 Å². The highest BCUT2D eigenvalue weighted by molar-refractivity contribution is 9.10. The fourth-order valence-electron chi connectivity index (χ4n) is 2.73. The predicted molar refractivity (Wildman–Crippen MR) is 98.2 cm³/mol. The minimum Gasteiger partial charge on any atom is -0.367 e. The van der Waals surface area contributed by atoms with Gasteiger partial charge in [0.15, 0.2) is 0 Å². The van der Waals surface area contributed by atoms with Crippen LogP contribution < -0.4 is 10.2 Å². The van der Waals surface area contributed by atoms with E-state index in [-0.39, 0.29) is 5.91 Å². The standard InChI is InChI=1S/C18H20BrN3O/c1-21-9-11-22(12-10-21)17-8-3-2-7-16(17)20-18(23)14-5-4-6-15(19)13-14/h2-8,13H,9-12H2,1H3,(H,20,23). The Bertz CT molecular complexity index is 696. The summed E-state index contributed by atoms with van der Waals surface area (Å²) in [6.45, 7) is 4.02. The molecule has 1 heterocycles. The number of hydrogen-bond acceptors (Lipinski definition) is 3. The largest absolute Gasteiger partial charge is 0.367 e. The van der Waals surface area contributed by atoms with Crippen LogP contribution in [0.4, 0.5) is 11.4 Å². The van der Waals surface area contributed by atoms with Crippen LogP contribution >= 0.6 is 15.9 Å². The summed E-state index contributed by atoms with van der Waals surface area (Å²) < 4.78 is 0.900. The second kappa shape index (κ2) is 7.15. The van der Waals surface area contributed by atoms with Crippen LogP contribution in [0.25, 0.3) is 0 Å². The van der Waals surface area contributed by atoms with Crippen LogP contribution in [-0.2, 0) is 0 Å². The topological polar surface area (TPSA) is 35.6 Å². The monoisotopic (exact) mass is 373 g/mol. The second-order valence-electron chi connectivity index (χ2n) is 5.77. The fraction of sp³-hybridized carbons (Fsp3) is 0.278. The maximum absolute atomic E-state index is 12.5. The number of anilines is 2. The zero-order chi connectivity index (χ0) is 16.2. The molecule has 3 rings (SSSR count). The number of hydrogen-bond donors (Lipinski definition) is 1. The number of benzene rings is 2. The molecular weight excluding hydrogens is 354 g/mol. The first kappa shape index (κ1) is 16.0. The molecule has 1 saturated heterocycles. The number of carbonyl (C=O) groups is 1. The van der Waals surface area contributed by atoms with Gasteiger partial charge in [-0.2, -0.15) is 0 Å². The smallest absolute Gasteiger partial charge is 0.255 e. The van der Waals surface area contributed by atoms with Crippen molar-refractivity contribution in [1.82, 2.24) is 4.90 Å². The van der Waals surface area contributed by atoms with Gasteiger partial charge in [-0.1, -0.05) is 34.1 Å². The summed E-state index contributed by atoms with van der Waals surface area (Å²) in [7, 11) is 2.14. The van der Waals surface area contributed by atoms with Crippen molar-refractivity contribution in [3.05, 3.63) is 58.6 Å². The van der Waals surface area contributed by atoms with Crippen LogP contribution in [0.2, 0.25) is 0 Å². The van der Waals surface area contributed by atoms with E-state index in [1.165, 1.54) is 0 Å². The Morgan fingerprint density at radius 3 is 2.52 bits per heavy atom. The maximum atomic E-state index is 12.5. The van der Waals surface area contributed by atoms with Crippen molar-refractivity contribution in [2.24, 2.45) is 0 Å². The molecule has 23 heavy (non-hydrogen) atoms.